The number of anilines is 1. The lowest BCUT2D eigenvalue weighted by Gasteiger charge is -2.43. The number of amides is 5. The van der Waals surface area contributed by atoms with Gasteiger partial charge in [0.2, 0.25) is 5.91 Å². The summed E-state index contributed by atoms with van der Waals surface area (Å²) in [6.45, 7) is 6.48. The van der Waals surface area contributed by atoms with Crippen LogP contribution in [0.15, 0.2) is 54.6 Å². The summed E-state index contributed by atoms with van der Waals surface area (Å²) in [6, 6.07) is 15.5. The van der Waals surface area contributed by atoms with Crippen LogP contribution in [0.3, 0.4) is 0 Å². The Morgan fingerprint density at radius 1 is 1.00 bits per heavy atom. The predicted molar refractivity (Wildman–Crippen MR) is 138 cm³/mol. The molecule has 2 heterocycles. The number of nitrogens with one attached hydrogen (secondary N) is 1. The van der Waals surface area contributed by atoms with Gasteiger partial charge in [-0.2, -0.15) is 0 Å². The van der Waals surface area contributed by atoms with Crippen molar-refractivity contribution < 1.29 is 19.2 Å². The number of likely N-dealkylation sites (N-methyl/N-ethyl adjacent to an activating group) is 1. The maximum atomic E-state index is 13.5. The van der Waals surface area contributed by atoms with Gasteiger partial charge in [0.1, 0.15) is 11.6 Å². The smallest absolute Gasteiger partial charge is 0.331 e. The van der Waals surface area contributed by atoms with Crippen molar-refractivity contribution >= 4 is 29.4 Å². The first-order chi connectivity index (χ1) is 17.2. The number of aryl methyl sites for hydroxylation is 1. The van der Waals surface area contributed by atoms with Crippen molar-refractivity contribution in [2.24, 2.45) is 5.92 Å². The van der Waals surface area contributed by atoms with Gasteiger partial charge in [0.15, 0.2) is 0 Å². The lowest BCUT2D eigenvalue weighted by molar-refractivity contribution is -0.139. The molecular weight excluding hydrogens is 456 g/mol. The molecule has 1 N–H and O–H groups in total. The maximum absolute atomic E-state index is 13.5. The van der Waals surface area contributed by atoms with E-state index in [1.165, 1.54) is 11.9 Å². The molecule has 0 aromatic heterocycles. The zero-order valence-corrected chi connectivity index (χ0v) is 21.4. The highest BCUT2D eigenvalue weighted by molar-refractivity contribution is 6.16. The number of nitrogens with zero attached hydrogens (tertiary/aromatic N) is 3. The monoisotopic (exact) mass is 490 g/mol. The topological polar surface area (TPSA) is 90.0 Å². The van der Waals surface area contributed by atoms with Crippen LogP contribution in [0.5, 0.6) is 0 Å². The van der Waals surface area contributed by atoms with Crippen molar-refractivity contribution in [2.75, 3.05) is 25.0 Å². The first kappa shape index (κ1) is 25.4. The Bertz CT molecular complexity index is 1160. The van der Waals surface area contributed by atoms with Crippen LogP contribution in [-0.2, 0) is 16.0 Å². The Morgan fingerprint density at radius 2 is 1.67 bits per heavy atom. The second kappa shape index (κ2) is 10.1. The Labute approximate surface area is 212 Å². The molecule has 0 saturated carbocycles. The second-order valence-corrected chi connectivity index (χ2v) is 9.92. The number of hydrogen-bond acceptors (Lipinski definition) is 4. The molecule has 8 nitrogen and oxygen atoms in total. The molecule has 190 valence electrons. The molecule has 4 rings (SSSR count). The Morgan fingerprint density at radius 3 is 2.28 bits per heavy atom. The van der Waals surface area contributed by atoms with E-state index in [2.05, 4.69) is 5.32 Å². The fourth-order valence-electron chi connectivity index (χ4n) is 5.16. The van der Waals surface area contributed by atoms with Crippen LogP contribution in [-0.4, -0.2) is 65.3 Å². The summed E-state index contributed by atoms with van der Waals surface area (Å²) < 4.78 is 0. The van der Waals surface area contributed by atoms with E-state index >= 15 is 0 Å². The summed E-state index contributed by atoms with van der Waals surface area (Å²) in [5.74, 6) is -0.809. The lowest BCUT2D eigenvalue weighted by Crippen LogP contribution is -2.60. The quantitative estimate of drug-likeness (QED) is 0.628. The maximum Gasteiger partial charge on any atom is 0.331 e. The molecule has 0 aliphatic carbocycles. The van der Waals surface area contributed by atoms with E-state index in [0.717, 1.165) is 12.0 Å². The number of likely N-dealkylation sites (tertiary alicyclic amines) is 1. The van der Waals surface area contributed by atoms with Crippen molar-refractivity contribution in [3.05, 3.63) is 65.7 Å². The molecule has 1 atom stereocenters. The van der Waals surface area contributed by atoms with Gasteiger partial charge < -0.3 is 10.2 Å². The van der Waals surface area contributed by atoms with Crippen molar-refractivity contribution in [1.29, 1.82) is 0 Å². The number of hydrogen-bond donors (Lipinski definition) is 1. The number of rotatable bonds is 6. The predicted octanol–water partition coefficient (Wildman–Crippen LogP) is 3.46. The van der Waals surface area contributed by atoms with E-state index in [9.17, 15) is 19.2 Å². The van der Waals surface area contributed by atoms with Gasteiger partial charge in [0, 0.05) is 31.4 Å². The molecule has 2 aliphatic heterocycles. The van der Waals surface area contributed by atoms with E-state index in [-0.39, 0.29) is 29.7 Å². The summed E-state index contributed by atoms with van der Waals surface area (Å²) in [6.07, 6.45) is 1.49. The molecule has 0 bridgehead atoms. The summed E-state index contributed by atoms with van der Waals surface area (Å²) in [5, 5.41) is 2.93. The zero-order chi connectivity index (χ0) is 26.0. The standard InChI is InChI=1S/C28H34N4O4/c1-5-20-10-9-11-21(18-20)24(33)29-23(19(2)3)25(34)31-16-14-28(15-17-31)26(35)30(4)27(36)32(28)22-12-7-6-8-13-22/h6-13,18-19,23H,5,14-17H2,1-4H3,(H,29,33)/t23-/m1/s1. The number of imide groups is 1. The van der Waals surface area contributed by atoms with Crippen molar-refractivity contribution in [2.45, 2.75) is 51.6 Å². The second-order valence-electron chi connectivity index (χ2n) is 9.92. The van der Waals surface area contributed by atoms with E-state index in [1.54, 1.807) is 15.9 Å². The molecule has 1 spiro atoms. The number of para-hydroxylation sites is 1. The third-order valence-electron chi connectivity index (χ3n) is 7.34. The first-order valence-corrected chi connectivity index (χ1v) is 12.6. The van der Waals surface area contributed by atoms with Crippen LogP contribution in [0, 0.1) is 5.92 Å². The molecule has 5 amide bonds. The SMILES string of the molecule is CCc1cccc(C(=O)N[C@@H](C(=O)N2CCC3(CC2)C(=O)N(C)C(=O)N3c2ccccc2)C(C)C)c1. The van der Waals surface area contributed by atoms with Crippen molar-refractivity contribution in [1.82, 2.24) is 15.1 Å². The van der Waals surface area contributed by atoms with E-state index in [0.29, 0.717) is 37.2 Å². The number of benzene rings is 2. The van der Waals surface area contributed by atoms with Gasteiger partial charge in [-0.3, -0.25) is 24.2 Å². The normalized spacial score (nSPS) is 18.2. The fourth-order valence-corrected chi connectivity index (χ4v) is 5.16. The van der Waals surface area contributed by atoms with E-state index in [1.807, 2.05) is 69.3 Å². The number of carbonyl (C=O) groups is 4. The molecule has 2 saturated heterocycles. The minimum atomic E-state index is -1.01. The van der Waals surface area contributed by atoms with Gasteiger partial charge in [0.25, 0.3) is 11.8 Å². The van der Waals surface area contributed by atoms with Crippen LogP contribution < -0.4 is 10.2 Å². The number of piperidine rings is 1. The van der Waals surface area contributed by atoms with Gasteiger partial charge in [-0.1, -0.05) is 51.1 Å². The molecular formula is C28H34N4O4. The van der Waals surface area contributed by atoms with Gasteiger partial charge in [-0.15, -0.1) is 0 Å². The highest BCUT2D eigenvalue weighted by Gasteiger charge is 2.58. The van der Waals surface area contributed by atoms with E-state index < -0.39 is 11.6 Å². The van der Waals surface area contributed by atoms with Crippen LogP contribution in [0.4, 0.5) is 10.5 Å². The van der Waals surface area contributed by atoms with Gasteiger partial charge in [-0.25, -0.2) is 4.79 Å². The summed E-state index contributed by atoms with van der Waals surface area (Å²) in [4.78, 5) is 57.2. The zero-order valence-electron chi connectivity index (χ0n) is 21.4. The van der Waals surface area contributed by atoms with Crippen molar-refractivity contribution in [3.8, 4) is 0 Å². The van der Waals surface area contributed by atoms with Crippen molar-refractivity contribution in [3.63, 3.8) is 0 Å². The summed E-state index contributed by atoms with van der Waals surface area (Å²) >= 11 is 0. The average molecular weight is 491 g/mol. The molecule has 36 heavy (non-hydrogen) atoms. The Hall–Kier alpha value is -3.68. The molecule has 2 aliphatic rings. The third-order valence-corrected chi connectivity index (χ3v) is 7.34. The number of urea groups is 1. The minimum Gasteiger partial charge on any atom is -0.341 e. The average Bonchev–Trinajstić information content (AvgIpc) is 3.07. The summed E-state index contributed by atoms with van der Waals surface area (Å²) in [7, 11) is 1.50. The van der Waals surface area contributed by atoms with Gasteiger partial charge in [0.05, 0.1) is 0 Å². The third kappa shape index (κ3) is 4.47. The van der Waals surface area contributed by atoms with E-state index in [4.69, 9.17) is 0 Å². The molecule has 0 radical (unpaired) electrons. The van der Waals surface area contributed by atoms with Crippen LogP contribution >= 0.6 is 0 Å². The molecule has 8 heteroatoms. The first-order valence-electron chi connectivity index (χ1n) is 12.6. The van der Waals surface area contributed by atoms with Crippen LogP contribution in [0.2, 0.25) is 0 Å². The molecule has 2 fully saturated rings. The Balaban J connectivity index is 1.50. The summed E-state index contributed by atoms with van der Waals surface area (Å²) in [5.41, 5.74) is 1.24. The van der Waals surface area contributed by atoms with Gasteiger partial charge >= 0.3 is 6.03 Å². The molecule has 2 aromatic rings. The highest BCUT2D eigenvalue weighted by atomic mass is 16.2. The minimum absolute atomic E-state index is 0.117. The van der Waals surface area contributed by atoms with Gasteiger partial charge in [-0.05, 0) is 55.0 Å². The Kier molecular flexibility index (Phi) is 7.15. The van der Waals surface area contributed by atoms with Crippen LogP contribution in [0.25, 0.3) is 0 Å². The molecule has 2 aromatic carbocycles. The largest absolute Gasteiger partial charge is 0.341 e. The number of carbonyl (C=O) groups excluding carboxylic acids is 4. The highest BCUT2D eigenvalue weighted by Crippen LogP contribution is 2.40. The molecule has 0 unspecified atom stereocenters. The lowest BCUT2D eigenvalue weighted by atomic mass is 9.85. The van der Waals surface area contributed by atoms with Crippen LogP contribution in [0.1, 0.15) is 49.5 Å². The fraction of sp³-hybridized carbons (Fsp3) is 0.429.